The number of rotatable bonds is 4. The highest BCUT2D eigenvalue weighted by atomic mass is 15.1. The highest BCUT2D eigenvalue weighted by molar-refractivity contribution is 6.12. The van der Waals surface area contributed by atoms with Gasteiger partial charge in [-0.05, 0) is 108 Å². The molecule has 234 valence electrons. The normalized spacial score (nSPS) is 11.4. The highest BCUT2D eigenvalue weighted by Crippen LogP contribution is 2.44. The Kier molecular flexibility index (Phi) is 6.66. The number of benzene rings is 7. The summed E-state index contributed by atoms with van der Waals surface area (Å²) in [7, 11) is 0. The Morgan fingerprint density at radius 2 is 0.700 bits per heavy atom. The standard InChI is InChI=1S/C46H30N4/c1-29-23-31(27-47)19-21-33(29)39-25-45(49-41-15-7-3-11-35(41)36-12-4-8-16-42(36)49)46(26-40(39)34-22-20-32(28-48)24-30(34)2)50-43-17-9-5-13-37(43)38-14-6-10-18-44(38)50/h3-26H,1-2H3. The van der Waals surface area contributed by atoms with E-state index in [9.17, 15) is 10.5 Å². The second-order valence-corrected chi connectivity index (χ2v) is 12.9. The molecule has 0 radical (unpaired) electrons. The molecule has 9 rings (SSSR count). The molecule has 0 unspecified atom stereocenters. The lowest BCUT2D eigenvalue weighted by Crippen LogP contribution is -2.06. The van der Waals surface area contributed by atoms with Crippen molar-refractivity contribution in [2.45, 2.75) is 13.8 Å². The smallest absolute Gasteiger partial charge is 0.0991 e. The van der Waals surface area contributed by atoms with E-state index in [1.54, 1.807) is 0 Å². The van der Waals surface area contributed by atoms with Crippen LogP contribution in [-0.4, -0.2) is 9.13 Å². The number of hydrogen-bond donors (Lipinski definition) is 0. The fraction of sp³-hybridized carbons (Fsp3) is 0.0435. The third-order valence-corrected chi connectivity index (χ3v) is 10.0. The van der Waals surface area contributed by atoms with E-state index in [1.165, 1.54) is 21.5 Å². The number of aryl methyl sites for hydroxylation is 2. The third-order valence-electron chi connectivity index (χ3n) is 10.0. The lowest BCUT2D eigenvalue weighted by molar-refractivity contribution is 1.10. The average Bonchev–Trinajstić information content (AvgIpc) is 3.67. The molecule has 2 aromatic heterocycles. The van der Waals surface area contributed by atoms with E-state index < -0.39 is 0 Å². The van der Waals surface area contributed by atoms with Crippen molar-refractivity contribution in [1.29, 1.82) is 10.5 Å². The predicted octanol–water partition coefficient (Wildman–Crippen LogP) is 11.6. The first-order chi connectivity index (χ1) is 24.6. The first-order valence-electron chi connectivity index (χ1n) is 16.7. The van der Waals surface area contributed by atoms with Crippen LogP contribution >= 0.6 is 0 Å². The molecule has 9 aromatic rings. The summed E-state index contributed by atoms with van der Waals surface area (Å²) in [6.45, 7) is 4.15. The van der Waals surface area contributed by atoms with E-state index in [0.717, 1.165) is 66.8 Å². The maximum atomic E-state index is 9.74. The number of para-hydroxylation sites is 4. The summed E-state index contributed by atoms with van der Waals surface area (Å²) in [5.74, 6) is 0. The molecular formula is C46H30N4. The van der Waals surface area contributed by atoms with Crippen LogP contribution in [0.4, 0.5) is 0 Å². The van der Waals surface area contributed by atoms with Crippen molar-refractivity contribution < 1.29 is 0 Å². The number of nitrogens with zero attached hydrogens (tertiary/aromatic N) is 4. The third kappa shape index (κ3) is 4.37. The highest BCUT2D eigenvalue weighted by Gasteiger charge is 2.23. The van der Waals surface area contributed by atoms with Gasteiger partial charge in [0.1, 0.15) is 0 Å². The van der Waals surface area contributed by atoms with Gasteiger partial charge in [-0.25, -0.2) is 0 Å². The molecule has 0 amide bonds. The topological polar surface area (TPSA) is 57.4 Å². The van der Waals surface area contributed by atoms with E-state index in [1.807, 2.05) is 24.3 Å². The number of aromatic nitrogens is 2. The maximum absolute atomic E-state index is 9.74. The van der Waals surface area contributed by atoms with Crippen LogP contribution < -0.4 is 0 Å². The Hall–Kier alpha value is -6.88. The molecule has 4 nitrogen and oxygen atoms in total. The number of nitriles is 2. The average molecular weight is 639 g/mol. The van der Waals surface area contributed by atoms with Gasteiger partial charge in [-0.3, -0.25) is 0 Å². The summed E-state index contributed by atoms with van der Waals surface area (Å²) >= 11 is 0. The summed E-state index contributed by atoms with van der Waals surface area (Å²) < 4.78 is 4.81. The zero-order valence-corrected chi connectivity index (χ0v) is 27.6. The molecule has 0 saturated heterocycles. The van der Waals surface area contributed by atoms with E-state index >= 15 is 0 Å². The van der Waals surface area contributed by atoms with Gasteiger partial charge in [0.2, 0.25) is 0 Å². The molecule has 4 heteroatoms. The van der Waals surface area contributed by atoms with Gasteiger partial charge >= 0.3 is 0 Å². The molecule has 0 bridgehead atoms. The van der Waals surface area contributed by atoms with Crippen LogP contribution in [0, 0.1) is 36.5 Å². The molecule has 2 heterocycles. The van der Waals surface area contributed by atoms with Crippen molar-refractivity contribution in [2.75, 3.05) is 0 Å². The predicted molar refractivity (Wildman–Crippen MR) is 205 cm³/mol. The molecule has 0 N–H and O–H groups in total. The number of hydrogen-bond acceptors (Lipinski definition) is 2. The Morgan fingerprint density at radius 1 is 0.380 bits per heavy atom. The van der Waals surface area contributed by atoms with Crippen LogP contribution in [0.1, 0.15) is 22.3 Å². The molecule has 0 fully saturated rings. The van der Waals surface area contributed by atoms with Gasteiger partial charge in [-0.1, -0.05) is 84.9 Å². The zero-order valence-electron chi connectivity index (χ0n) is 27.6. The first kappa shape index (κ1) is 29.3. The van der Waals surface area contributed by atoms with Crippen LogP contribution in [0.2, 0.25) is 0 Å². The van der Waals surface area contributed by atoms with Gasteiger partial charge in [0, 0.05) is 21.5 Å². The number of fused-ring (bicyclic) bond motifs is 6. The van der Waals surface area contributed by atoms with Gasteiger partial charge in [-0.15, -0.1) is 0 Å². The molecule has 50 heavy (non-hydrogen) atoms. The largest absolute Gasteiger partial charge is 0.307 e. The van der Waals surface area contributed by atoms with Gasteiger partial charge in [0.25, 0.3) is 0 Å². The Bertz CT molecular complexity index is 2620. The summed E-state index contributed by atoms with van der Waals surface area (Å²) in [4.78, 5) is 0. The van der Waals surface area contributed by atoms with Crippen LogP contribution in [0.5, 0.6) is 0 Å². The Morgan fingerprint density at radius 3 is 1.00 bits per heavy atom. The zero-order chi connectivity index (χ0) is 33.9. The molecule has 0 atom stereocenters. The summed E-state index contributed by atoms with van der Waals surface area (Å²) in [5.41, 5.74) is 14.1. The minimum Gasteiger partial charge on any atom is -0.307 e. The molecule has 0 aliphatic rings. The van der Waals surface area contributed by atoms with Crippen molar-refractivity contribution in [2.24, 2.45) is 0 Å². The second kappa shape index (κ2) is 11.4. The Labute approximate surface area is 289 Å². The Balaban J connectivity index is 1.51. The van der Waals surface area contributed by atoms with Gasteiger partial charge in [-0.2, -0.15) is 10.5 Å². The molecule has 0 aliphatic heterocycles. The summed E-state index contributed by atoms with van der Waals surface area (Å²) in [6.07, 6.45) is 0. The van der Waals surface area contributed by atoms with E-state index in [0.29, 0.717) is 11.1 Å². The van der Waals surface area contributed by atoms with Crippen LogP contribution in [-0.2, 0) is 0 Å². The monoisotopic (exact) mass is 638 g/mol. The molecule has 0 aliphatic carbocycles. The fourth-order valence-corrected chi connectivity index (χ4v) is 7.82. The second-order valence-electron chi connectivity index (χ2n) is 12.9. The minimum atomic E-state index is 0.631. The van der Waals surface area contributed by atoms with Crippen molar-refractivity contribution >= 4 is 43.6 Å². The minimum absolute atomic E-state index is 0.631. The molecule has 0 spiro atoms. The molecular weight excluding hydrogens is 609 g/mol. The van der Waals surface area contributed by atoms with Gasteiger partial charge < -0.3 is 9.13 Å². The fourth-order valence-electron chi connectivity index (χ4n) is 7.82. The van der Waals surface area contributed by atoms with Gasteiger partial charge in [0.15, 0.2) is 0 Å². The summed E-state index contributed by atoms with van der Waals surface area (Å²) in [6, 6.07) is 55.7. The molecule has 0 saturated carbocycles. The summed E-state index contributed by atoms with van der Waals surface area (Å²) in [5, 5.41) is 24.3. The van der Waals surface area contributed by atoms with E-state index in [2.05, 4.69) is 156 Å². The lowest BCUT2D eigenvalue weighted by Gasteiger charge is -2.23. The first-order valence-corrected chi connectivity index (χ1v) is 16.7. The lowest BCUT2D eigenvalue weighted by atomic mass is 9.88. The quantitative estimate of drug-likeness (QED) is 0.193. The van der Waals surface area contributed by atoms with E-state index in [-0.39, 0.29) is 0 Å². The van der Waals surface area contributed by atoms with Crippen LogP contribution in [0.15, 0.2) is 146 Å². The van der Waals surface area contributed by atoms with Crippen molar-refractivity contribution in [3.8, 4) is 45.8 Å². The van der Waals surface area contributed by atoms with Crippen LogP contribution in [0.3, 0.4) is 0 Å². The SMILES string of the molecule is Cc1cc(C#N)ccc1-c1cc(-n2c3ccccc3c3ccccc32)c(-n2c3ccccc3c3ccccc32)cc1-c1ccc(C#N)cc1C. The maximum Gasteiger partial charge on any atom is 0.0991 e. The van der Waals surface area contributed by atoms with Crippen molar-refractivity contribution in [3.63, 3.8) is 0 Å². The van der Waals surface area contributed by atoms with Gasteiger partial charge in [0.05, 0.1) is 56.7 Å². The van der Waals surface area contributed by atoms with Crippen molar-refractivity contribution in [1.82, 2.24) is 9.13 Å². The van der Waals surface area contributed by atoms with Crippen LogP contribution in [0.25, 0.3) is 77.2 Å². The van der Waals surface area contributed by atoms with Crippen molar-refractivity contribution in [3.05, 3.63) is 168 Å². The van der Waals surface area contributed by atoms with E-state index in [4.69, 9.17) is 0 Å². The molecule has 7 aromatic carbocycles.